The van der Waals surface area contributed by atoms with E-state index in [2.05, 4.69) is 123 Å². The highest BCUT2D eigenvalue weighted by Crippen LogP contribution is 2.49. The molecule has 0 saturated heterocycles. The van der Waals surface area contributed by atoms with Gasteiger partial charge in [-0.3, -0.25) is 5.01 Å². The Morgan fingerprint density at radius 3 is 2.06 bits per heavy atom. The largest absolute Gasteiger partial charge is 0.280 e. The zero-order valence-corrected chi connectivity index (χ0v) is 18.9. The summed E-state index contributed by atoms with van der Waals surface area (Å²) in [5.74, 6) is 6.62. The standard InChI is InChI=1S/C31H26N2/c1-31(2)29-13-6-5-11-27(29)28-19-18-24(20-30(28)31)33(32)23-16-14-22(15-17-23)26-12-7-9-21-8-3-4-10-25(21)26/h3-20H,32H2,1-2H3. The molecule has 0 aliphatic heterocycles. The summed E-state index contributed by atoms with van der Waals surface area (Å²) in [6.45, 7) is 4.59. The third-order valence-electron chi connectivity index (χ3n) is 7.09. The van der Waals surface area contributed by atoms with Crippen molar-refractivity contribution in [1.29, 1.82) is 0 Å². The summed E-state index contributed by atoms with van der Waals surface area (Å²) in [6.07, 6.45) is 0. The van der Waals surface area contributed by atoms with Gasteiger partial charge in [-0.2, -0.15) is 0 Å². The van der Waals surface area contributed by atoms with Gasteiger partial charge in [-0.1, -0.05) is 98.8 Å². The van der Waals surface area contributed by atoms with E-state index < -0.39 is 0 Å². The fraction of sp³-hybridized carbons (Fsp3) is 0.0968. The second-order valence-electron chi connectivity index (χ2n) is 9.34. The fourth-order valence-electron chi connectivity index (χ4n) is 5.27. The average molecular weight is 427 g/mol. The van der Waals surface area contributed by atoms with Crippen molar-refractivity contribution < 1.29 is 0 Å². The lowest BCUT2D eigenvalue weighted by molar-refractivity contribution is 0.660. The molecule has 2 nitrogen and oxygen atoms in total. The second kappa shape index (κ2) is 7.33. The Labute approximate surface area is 194 Å². The lowest BCUT2D eigenvalue weighted by Crippen LogP contribution is -2.25. The van der Waals surface area contributed by atoms with Gasteiger partial charge in [0.25, 0.3) is 0 Å². The van der Waals surface area contributed by atoms with Gasteiger partial charge in [-0.05, 0) is 68.4 Å². The summed E-state index contributed by atoms with van der Waals surface area (Å²) >= 11 is 0. The molecule has 6 rings (SSSR count). The first-order valence-electron chi connectivity index (χ1n) is 11.4. The molecule has 0 radical (unpaired) electrons. The maximum Gasteiger partial charge on any atom is 0.0578 e. The molecule has 1 aliphatic rings. The van der Waals surface area contributed by atoms with Crippen molar-refractivity contribution >= 4 is 22.1 Å². The van der Waals surface area contributed by atoms with E-state index in [0.29, 0.717) is 0 Å². The predicted molar refractivity (Wildman–Crippen MR) is 140 cm³/mol. The van der Waals surface area contributed by atoms with E-state index in [9.17, 15) is 0 Å². The summed E-state index contributed by atoms with van der Waals surface area (Å²) in [7, 11) is 0. The average Bonchev–Trinajstić information content (AvgIpc) is 3.10. The molecule has 2 heteroatoms. The minimum absolute atomic E-state index is 0.0407. The molecule has 160 valence electrons. The molecule has 2 N–H and O–H groups in total. The topological polar surface area (TPSA) is 29.3 Å². The lowest BCUT2D eigenvalue weighted by Gasteiger charge is -2.24. The number of hydrazine groups is 1. The molecular formula is C31H26N2. The van der Waals surface area contributed by atoms with Crippen molar-refractivity contribution in [1.82, 2.24) is 0 Å². The van der Waals surface area contributed by atoms with Crippen molar-refractivity contribution in [2.45, 2.75) is 19.3 Å². The molecule has 0 spiro atoms. The zero-order valence-electron chi connectivity index (χ0n) is 18.9. The fourth-order valence-corrected chi connectivity index (χ4v) is 5.27. The molecule has 33 heavy (non-hydrogen) atoms. The lowest BCUT2D eigenvalue weighted by atomic mass is 9.82. The number of hydrogen-bond donors (Lipinski definition) is 1. The van der Waals surface area contributed by atoms with Gasteiger partial charge >= 0.3 is 0 Å². The quantitative estimate of drug-likeness (QED) is 0.235. The maximum absolute atomic E-state index is 6.62. The van der Waals surface area contributed by atoms with Gasteiger partial charge in [0, 0.05) is 5.41 Å². The zero-order chi connectivity index (χ0) is 22.6. The van der Waals surface area contributed by atoms with E-state index in [1.165, 1.54) is 44.2 Å². The van der Waals surface area contributed by atoms with Gasteiger partial charge in [-0.15, -0.1) is 0 Å². The van der Waals surface area contributed by atoms with Crippen LogP contribution < -0.4 is 10.9 Å². The molecule has 5 aromatic rings. The van der Waals surface area contributed by atoms with E-state index in [4.69, 9.17) is 5.84 Å². The van der Waals surface area contributed by atoms with Crippen LogP contribution in [0.5, 0.6) is 0 Å². The van der Waals surface area contributed by atoms with Crippen LogP contribution in [0.1, 0.15) is 25.0 Å². The molecule has 0 unspecified atom stereocenters. The summed E-state index contributed by atoms with van der Waals surface area (Å²) in [5.41, 5.74) is 9.67. The number of benzene rings is 5. The summed E-state index contributed by atoms with van der Waals surface area (Å²) < 4.78 is 0. The third-order valence-corrected chi connectivity index (χ3v) is 7.09. The molecule has 0 saturated carbocycles. The highest BCUT2D eigenvalue weighted by Gasteiger charge is 2.35. The number of rotatable bonds is 3. The number of fused-ring (bicyclic) bond motifs is 4. The van der Waals surface area contributed by atoms with E-state index in [-0.39, 0.29) is 5.41 Å². The Hall–Kier alpha value is -3.88. The van der Waals surface area contributed by atoms with E-state index in [1.807, 2.05) is 0 Å². The molecule has 5 aromatic carbocycles. The van der Waals surface area contributed by atoms with Crippen molar-refractivity contribution in [3.63, 3.8) is 0 Å². The van der Waals surface area contributed by atoms with E-state index in [1.54, 1.807) is 5.01 Å². The van der Waals surface area contributed by atoms with Crippen molar-refractivity contribution in [3.05, 3.63) is 120 Å². The highest BCUT2D eigenvalue weighted by molar-refractivity contribution is 5.96. The van der Waals surface area contributed by atoms with Crippen molar-refractivity contribution in [2.75, 3.05) is 5.01 Å². The molecule has 0 aromatic heterocycles. The summed E-state index contributed by atoms with van der Waals surface area (Å²) in [6, 6.07) is 38.7. The molecule has 0 bridgehead atoms. The summed E-state index contributed by atoms with van der Waals surface area (Å²) in [5, 5.41) is 4.30. The SMILES string of the molecule is CC1(C)c2ccccc2-c2ccc(N(N)c3ccc(-c4cccc5ccccc45)cc3)cc21. The molecule has 0 heterocycles. The van der Waals surface area contributed by atoms with E-state index >= 15 is 0 Å². The van der Waals surface area contributed by atoms with Crippen LogP contribution in [0.25, 0.3) is 33.0 Å². The van der Waals surface area contributed by atoms with Crippen LogP contribution in [-0.4, -0.2) is 0 Å². The molecule has 0 amide bonds. The Balaban J connectivity index is 1.35. The first kappa shape index (κ1) is 19.8. The number of hydrogen-bond acceptors (Lipinski definition) is 2. The smallest absolute Gasteiger partial charge is 0.0578 e. The van der Waals surface area contributed by atoms with E-state index in [0.717, 1.165) is 11.4 Å². The van der Waals surface area contributed by atoms with Gasteiger partial charge in [-0.25, -0.2) is 5.84 Å². The van der Waals surface area contributed by atoms with Crippen LogP contribution in [0.2, 0.25) is 0 Å². The predicted octanol–water partition coefficient (Wildman–Crippen LogP) is 7.82. The Morgan fingerprint density at radius 1 is 0.576 bits per heavy atom. The maximum atomic E-state index is 6.62. The van der Waals surface area contributed by atoms with Crippen LogP contribution in [0.3, 0.4) is 0 Å². The van der Waals surface area contributed by atoms with Crippen LogP contribution in [0.4, 0.5) is 11.4 Å². The Bertz CT molecular complexity index is 1490. The first-order valence-corrected chi connectivity index (χ1v) is 11.4. The monoisotopic (exact) mass is 426 g/mol. The van der Waals surface area contributed by atoms with Crippen molar-refractivity contribution in [2.24, 2.45) is 5.84 Å². The van der Waals surface area contributed by atoms with Crippen LogP contribution in [0, 0.1) is 0 Å². The molecule has 1 aliphatic carbocycles. The summed E-state index contributed by atoms with van der Waals surface area (Å²) in [4.78, 5) is 0. The highest BCUT2D eigenvalue weighted by atomic mass is 15.4. The van der Waals surface area contributed by atoms with Gasteiger partial charge in [0.1, 0.15) is 0 Å². The number of anilines is 2. The number of nitrogens with two attached hydrogens (primary N) is 1. The van der Waals surface area contributed by atoms with Crippen LogP contribution in [-0.2, 0) is 5.41 Å². The normalized spacial score (nSPS) is 13.5. The molecule has 0 atom stereocenters. The minimum atomic E-state index is -0.0407. The first-order chi connectivity index (χ1) is 16.0. The Morgan fingerprint density at radius 2 is 1.21 bits per heavy atom. The van der Waals surface area contributed by atoms with Gasteiger partial charge in [0.15, 0.2) is 0 Å². The van der Waals surface area contributed by atoms with Gasteiger partial charge in [0.2, 0.25) is 0 Å². The Kier molecular flexibility index (Phi) is 4.39. The minimum Gasteiger partial charge on any atom is -0.280 e. The third kappa shape index (κ3) is 3.06. The molecule has 0 fully saturated rings. The second-order valence-corrected chi connectivity index (χ2v) is 9.34. The van der Waals surface area contributed by atoms with Gasteiger partial charge in [0.05, 0.1) is 11.4 Å². The van der Waals surface area contributed by atoms with Gasteiger partial charge < -0.3 is 0 Å². The molecular weight excluding hydrogens is 400 g/mol. The van der Waals surface area contributed by atoms with Crippen LogP contribution >= 0.6 is 0 Å². The number of nitrogens with zero attached hydrogens (tertiary/aromatic N) is 1. The van der Waals surface area contributed by atoms with Crippen LogP contribution in [0.15, 0.2) is 109 Å². The van der Waals surface area contributed by atoms with Crippen molar-refractivity contribution in [3.8, 4) is 22.3 Å².